The van der Waals surface area contributed by atoms with Crippen LogP contribution in [0.4, 0.5) is 5.69 Å². The first kappa shape index (κ1) is 17.7. The lowest BCUT2D eigenvalue weighted by atomic mass is 10.1. The number of anilines is 1. The molecule has 1 amide bonds. The number of nitrogens with one attached hydrogen (secondary N) is 1. The third-order valence-corrected chi connectivity index (χ3v) is 4.59. The fraction of sp³-hybridized carbons (Fsp3) is 0.294. The summed E-state index contributed by atoms with van der Waals surface area (Å²) in [5, 5.41) is 2.74. The predicted octanol–water partition coefficient (Wildman–Crippen LogP) is 3.61. The molecule has 0 bridgehead atoms. The molecular formula is C17H16ClNO5S. The van der Waals surface area contributed by atoms with E-state index in [1.165, 1.54) is 17.4 Å². The van der Waals surface area contributed by atoms with Crippen LogP contribution in [0.3, 0.4) is 0 Å². The van der Waals surface area contributed by atoms with Crippen molar-refractivity contribution in [2.45, 2.75) is 13.0 Å². The average molecular weight is 382 g/mol. The molecule has 0 radical (unpaired) electrons. The fourth-order valence-corrected chi connectivity index (χ4v) is 3.02. The summed E-state index contributed by atoms with van der Waals surface area (Å²) in [6.45, 7) is 3.00. The fourth-order valence-electron chi connectivity index (χ4n) is 2.08. The number of hydrogen-bond acceptors (Lipinski definition) is 6. The SMILES string of the molecule is CCOC(=O)c1cc(NC(=O)c2ccc(Cl)s2)ccc1OCC1CO1. The van der Waals surface area contributed by atoms with Crippen molar-refractivity contribution >= 4 is 40.5 Å². The third kappa shape index (κ3) is 4.72. The first-order valence-corrected chi connectivity index (χ1v) is 8.88. The van der Waals surface area contributed by atoms with Gasteiger partial charge in [0.25, 0.3) is 5.91 Å². The van der Waals surface area contributed by atoms with Crippen LogP contribution in [0.5, 0.6) is 5.75 Å². The second-order valence-corrected chi connectivity index (χ2v) is 6.97. The van der Waals surface area contributed by atoms with Gasteiger partial charge in [0.1, 0.15) is 24.0 Å². The standard InChI is InChI=1S/C17H16ClNO5S/c1-2-22-17(21)12-7-10(3-4-13(12)24-9-11-8-23-11)19-16(20)14-5-6-15(18)25-14/h3-7,11H,2,8-9H2,1H3,(H,19,20). The summed E-state index contributed by atoms with van der Waals surface area (Å²) >= 11 is 7.02. The van der Waals surface area contributed by atoms with Crippen molar-refractivity contribution in [3.63, 3.8) is 0 Å². The third-order valence-electron chi connectivity index (χ3n) is 3.36. The van der Waals surface area contributed by atoms with E-state index in [0.717, 1.165) is 0 Å². The molecule has 6 nitrogen and oxygen atoms in total. The van der Waals surface area contributed by atoms with Gasteiger partial charge in [-0.25, -0.2) is 4.79 Å². The van der Waals surface area contributed by atoms with Crippen LogP contribution in [-0.4, -0.2) is 37.8 Å². The number of benzene rings is 1. The summed E-state index contributed by atoms with van der Waals surface area (Å²) in [6, 6.07) is 8.13. The van der Waals surface area contributed by atoms with E-state index in [4.69, 9.17) is 25.8 Å². The Bertz CT molecular complexity index is 787. The monoisotopic (exact) mass is 381 g/mol. The Labute approximate surface area is 153 Å². The molecule has 8 heteroatoms. The number of carbonyl (C=O) groups excluding carboxylic acids is 2. The lowest BCUT2D eigenvalue weighted by Crippen LogP contribution is -2.13. The van der Waals surface area contributed by atoms with Crippen LogP contribution >= 0.6 is 22.9 Å². The largest absolute Gasteiger partial charge is 0.490 e. The second kappa shape index (κ2) is 7.86. The molecule has 1 saturated heterocycles. The Kier molecular flexibility index (Phi) is 5.57. The molecule has 0 aliphatic carbocycles. The van der Waals surface area contributed by atoms with Crippen LogP contribution in [0.15, 0.2) is 30.3 Å². The number of rotatable bonds is 7. The van der Waals surface area contributed by atoms with Crippen molar-refractivity contribution in [2.24, 2.45) is 0 Å². The van der Waals surface area contributed by atoms with E-state index in [1.54, 1.807) is 31.2 Å². The Morgan fingerprint density at radius 3 is 2.80 bits per heavy atom. The number of esters is 1. The van der Waals surface area contributed by atoms with Crippen molar-refractivity contribution in [1.29, 1.82) is 0 Å². The Morgan fingerprint density at radius 2 is 2.16 bits per heavy atom. The zero-order valence-corrected chi connectivity index (χ0v) is 15.0. The van der Waals surface area contributed by atoms with E-state index in [-0.39, 0.29) is 24.2 Å². The van der Waals surface area contributed by atoms with Crippen LogP contribution in [0, 0.1) is 0 Å². The van der Waals surface area contributed by atoms with Gasteiger partial charge in [0.15, 0.2) is 0 Å². The molecule has 2 aromatic rings. The van der Waals surface area contributed by atoms with E-state index >= 15 is 0 Å². The minimum atomic E-state index is -0.510. The van der Waals surface area contributed by atoms with E-state index < -0.39 is 5.97 Å². The van der Waals surface area contributed by atoms with Gasteiger partial charge in [-0.3, -0.25) is 4.79 Å². The maximum atomic E-state index is 12.2. The number of thiophene rings is 1. The van der Waals surface area contributed by atoms with Crippen LogP contribution in [-0.2, 0) is 9.47 Å². The van der Waals surface area contributed by atoms with Crippen LogP contribution in [0.25, 0.3) is 0 Å². The molecule has 2 heterocycles. The van der Waals surface area contributed by atoms with Crippen molar-refractivity contribution in [3.05, 3.63) is 45.1 Å². The van der Waals surface area contributed by atoms with E-state index in [2.05, 4.69) is 5.32 Å². The zero-order valence-electron chi connectivity index (χ0n) is 13.4. The molecule has 3 rings (SSSR count). The molecule has 1 N–H and O–H groups in total. The number of hydrogen-bond donors (Lipinski definition) is 1. The van der Waals surface area contributed by atoms with Gasteiger partial charge in [-0.1, -0.05) is 11.6 Å². The molecule has 0 saturated carbocycles. The predicted molar refractivity (Wildman–Crippen MR) is 94.9 cm³/mol. The summed E-state index contributed by atoms with van der Waals surface area (Å²) in [7, 11) is 0. The van der Waals surface area contributed by atoms with Crippen molar-refractivity contribution in [2.75, 3.05) is 25.1 Å². The Morgan fingerprint density at radius 1 is 1.36 bits per heavy atom. The molecular weight excluding hydrogens is 366 g/mol. The number of ether oxygens (including phenoxy) is 3. The molecule has 1 aromatic heterocycles. The topological polar surface area (TPSA) is 77.2 Å². The van der Waals surface area contributed by atoms with Gasteiger partial charge in [-0.05, 0) is 37.3 Å². The minimum Gasteiger partial charge on any atom is -0.490 e. The molecule has 1 aromatic carbocycles. The second-order valence-electron chi connectivity index (χ2n) is 5.26. The summed E-state index contributed by atoms with van der Waals surface area (Å²) in [5.74, 6) is -0.414. The first-order chi connectivity index (χ1) is 12.1. The van der Waals surface area contributed by atoms with Gasteiger partial charge < -0.3 is 19.5 Å². The van der Waals surface area contributed by atoms with Crippen molar-refractivity contribution < 1.29 is 23.8 Å². The first-order valence-electron chi connectivity index (χ1n) is 7.69. The molecule has 1 aliphatic rings. The molecule has 1 fully saturated rings. The average Bonchev–Trinajstić information content (AvgIpc) is 3.32. The number of carbonyl (C=O) groups is 2. The summed E-state index contributed by atoms with van der Waals surface area (Å²) in [6.07, 6.45) is 0.0676. The lowest BCUT2D eigenvalue weighted by Gasteiger charge is -2.12. The summed E-state index contributed by atoms with van der Waals surface area (Å²) < 4.78 is 16.3. The van der Waals surface area contributed by atoms with E-state index in [1.807, 2.05) is 0 Å². The van der Waals surface area contributed by atoms with Gasteiger partial charge in [0.2, 0.25) is 0 Å². The number of amides is 1. The molecule has 1 unspecified atom stereocenters. The maximum absolute atomic E-state index is 12.2. The van der Waals surface area contributed by atoms with Gasteiger partial charge in [-0.2, -0.15) is 0 Å². The van der Waals surface area contributed by atoms with Crippen LogP contribution < -0.4 is 10.1 Å². The van der Waals surface area contributed by atoms with Crippen molar-refractivity contribution in [3.8, 4) is 5.75 Å². The Hall–Kier alpha value is -2.09. The van der Waals surface area contributed by atoms with E-state index in [0.29, 0.717) is 33.9 Å². The molecule has 1 atom stereocenters. The van der Waals surface area contributed by atoms with Gasteiger partial charge in [-0.15, -0.1) is 11.3 Å². The number of epoxide rings is 1. The molecule has 132 valence electrons. The van der Waals surface area contributed by atoms with E-state index in [9.17, 15) is 9.59 Å². The highest BCUT2D eigenvalue weighted by atomic mass is 35.5. The van der Waals surface area contributed by atoms with Gasteiger partial charge in [0, 0.05) is 5.69 Å². The quantitative estimate of drug-likeness (QED) is 0.585. The van der Waals surface area contributed by atoms with Gasteiger partial charge in [0.05, 0.1) is 22.4 Å². The number of halogens is 1. The van der Waals surface area contributed by atoms with Crippen molar-refractivity contribution in [1.82, 2.24) is 0 Å². The normalized spacial score (nSPS) is 15.5. The molecule has 1 aliphatic heterocycles. The highest BCUT2D eigenvalue weighted by Crippen LogP contribution is 2.27. The highest BCUT2D eigenvalue weighted by Gasteiger charge is 2.24. The summed E-state index contributed by atoms with van der Waals surface area (Å²) in [5.41, 5.74) is 0.720. The lowest BCUT2D eigenvalue weighted by molar-refractivity contribution is 0.0521. The maximum Gasteiger partial charge on any atom is 0.341 e. The Balaban J connectivity index is 1.78. The summed E-state index contributed by atoms with van der Waals surface area (Å²) in [4.78, 5) is 24.9. The molecule has 0 spiro atoms. The highest BCUT2D eigenvalue weighted by molar-refractivity contribution is 7.18. The zero-order chi connectivity index (χ0) is 17.8. The van der Waals surface area contributed by atoms with Gasteiger partial charge >= 0.3 is 5.97 Å². The smallest absolute Gasteiger partial charge is 0.341 e. The molecule has 25 heavy (non-hydrogen) atoms. The van der Waals surface area contributed by atoms with Crippen LogP contribution in [0.2, 0.25) is 4.34 Å². The minimum absolute atomic E-state index is 0.0676. The van der Waals surface area contributed by atoms with Crippen LogP contribution in [0.1, 0.15) is 27.0 Å².